The number of aryl methyl sites for hydroxylation is 2. The zero-order chi connectivity index (χ0) is 14.6. The summed E-state index contributed by atoms with van der Waals surface area (Å²) in [6, 6.07) is 14.9. The van der Waals surface area contributed by atoms with Crippen molar-refractivity contribution in [1.29, 1.82) is 0 Å². The third-order valence-corrected chi connectivity index (χ3v) is 5.00. The first-order chi connectivity index (χ1) is 9.51. The van der Waals surface area contributed by atoms with Crippen LogP contribution in [0, 0.1) is 6.92 Å². The Morgan fingerprint density at radius 2 is 1.40 bits per heavy atom. The molecule has 0 aliphatic carbocycles. The molecule has 0 aliphatic rings. The summed E-state index contributed by atoms with van der Waals surface area (Å²) in [5.74, 6) is 0.0580. The van der Waals surface area contributed by atoms with Crippen LogP contribution < -0.4 is 0 Å². The lowest BCUT2D eigenvalue weighted by Gasteiger charge is -2.06. The van der Waals surface area contributed by atoms with Crippen LogP contribution in [0.3, 0.4) is 0 Å². The van der Waals surface area contributed by atoms with Crippen molar-refractivity contribution < 1.29 is 8.42 Å². The van der Waals surface area contributed by atoms with Gasteiger partial charge in [-0.1, -0.05) is 55.3 Å². The van der Waals surface area contributed by atoms with Gasteiger partial charge in [0.2, 0.25) is 0 Å². The molecule has 0 saturated heterocycles. The van der Waals surface area contributed by atoms with Crippen LogP contribution in [0.4, 0.5) is 0 Å². The highest BCUT2D eigenvalue weighted by molar-refractivity contribution is 7.90. The van der Waals surface area contributed by atoms with Gasteiger partial charge in [0.15, 0.2) is 9.84 Å². The van der Waals surface area contributed by atoms with Crippen LogP contribution in [0.1, 0.15) is 30.0 Å². The molecular weight excluding hydrogens is 268 g/mol. The predicted octanol–water partition coefficient (Wildman–Crippen LogP) is 3.92. The molecule has 2 aromatic carbocycles. The zero-order valence-corrected chi connectivity index (χ0v) is 12.8. The lowest BCUT2D eigenvalue weighted by atomic mass is 10.1. The second-order valence-corrected chi connectivity index (χ2v) is 7.13. The van der Waals surface area contributed by atoms with E-state index in [4.69, 9.17) is 0 Å². The summed E-state index contributed by atoms with van der Waals surface area (Å²) >= 11 is 0. The van der Waals surface area contributed by atoms with Crippen LogP contribution in [0.5, 0.6) is 0 Å². The van der Waals surface area contributed by atoms with Gasteiger partial charge in [0, 0.05) is 0 Å². The smallest absolute Gasteiger partial charge is 0.182 e. The van der Waals surface area contributed by atoms with Crippen molar-refractivity contribution in [2.45, 2.75) is 37.3 Å². The average molecular weight is 288 g/mol. The SMILES string of the molecule is CCCc1ccc(CS(=O)(=O)c2ccc(C)cc2)cc1. The minimum atomic E-state index is -3.26. The number of hydrogen-bond donors (Lipinski definition) is 0. The van der Waals surface area contributed by atoms with Crippen molar-refractivity contribution >= 4 is 9.84 Å². The Hall–Kier alpha value is -1.61. The fraction of sp³-hybridized carbons (Fsp3) is 0.294. The van der Waals surface area contributed by atoms with E-state index in [2.05, 4.69) is 6.92 Å². The Morgan fingerprint density at radius 3 is 1.95 bits per heavy atom. The molecule has 0 unspecified atom stereocenters. The van der Waals surface area contributed by atoms with E-state index in [1.807, 2.05) is 43.3 Å². The second kappa shape index (κ2) is 6.23. The van der Waals surface area contributed by atoms with Crippen LogP contribution in [-0.4, -0.2) is 8.42 Å². The van der Waals surface area contributed by atoms with Gasteiger partial charge in [-0.05, 0) is 36.6 Å². The van der Waals surface area contributed by atoms with Gasteiger partial charge in [0.25, 0.3) is 0 Å². The maximum Gasteiger partial charge on any atom is 0.182 e. The van der Waals surface area contributed by atoms with E-state index in [-0.39, 0.29) is 5.75 Å². The summed E-state index contributed by atoms with van der Waals surface area (Å²) < 4.78 is 24.6. The van der Waals surface area contributed by atoms with Crippen molar-refractivity contribution in [2.24, 2.45) is 0 Å². The standard InChI is InChI=1S/C17H20O2S/c1-3-4-15-7-9-16(10-8-15)13-20(18,19)17-11-5-14(2)6-12-17/h5-12H,3-4,13H2,1-2H3. The predicted molar refractivity (Wildman–Crippen MR) is 82.5 cm³/mol. The van der Waals surface area contributed by atoms with E-state index in [0.717, 1.165) is 24.0 Å². The van der Waals surface area contributed by atoms with Gasteiger partial charge in [-0.2, -0.15) is 0 Å². The first kappa shape index (κ1) is 14.8. The summed E-state index contributed by atoms with van der Waals surface area (Å²) in [5, 5.41) is 0. The molecule has 0 aliphatic heterocycles. The molecule has 0 atom stereocenters. The largest absolute Gasteiger partial charge is 0.223 e. The number of rotatable bonds is 5. The van der Waals surface area contributed by atoms with E-state index >= 15 is 0 Å². The van der Waals surface area contributed by atoms with Gasteiger partial charge in [-0.25, -0.2) is 8.42 Å². The van der Waals surface area contributed by atoms with Crippen LogP contribution in [0.25, 0.3) is 0 Å². The van der Waals surface area contributed by atoms with Crippen molar-refractivity contribution in [2.75, 3.05) is 0 Å². The van der Waals surface area contributed by atoms with Gasteiger partial charge < -0.3 is 0 Å². The van der Waals surface area contributed by atoms with Gasteiger partial charge in [-0.3, -0.25) is 0 Å². The Balaban J connectivity index is 2.17. The third-order valence-electron chi connectivity index (χ3n) is 3.30. The molecule has 0 radical (unpaired) electrons. The summed E-state index contributed by atoms with van der Waals surface area (Å²) in [5.41, 5.74) is 3.15. The maximum absolute atomic E-state index is 12.3. The molecule has 0 N–H and O–H groups in total. The van der Waals surface area contributed by atoms with Crippen molar-refractivity contribution in [3.8, 4) is 0 Å². The quantitative estimate of drug-likeness (QED) is 0.835. The molecule has 20 heavy (non-hydrogen) atoms. The minimum absolute atomic E-state index is 0.0580. The molecule has 0 heterocycles. The Morgan fingerprint density at radius 1 is 0.850 bits per heavy atom. The molecule has 0 amide bonds. The normalized spacial score (nSPS) is 11.5. The second-order valence-electron chi connectivity index (χ2n) is 5.14. The lowest BCUT2D eigenvalue weighted by Crippen LogP contribution is -2.05. The molecule has 0 fully saturated rings. The van der Waals surface area contributed by atoms with Gasteiger partial charge in [0.1, 0.15) is 0 Å². The Labute approximate surface area is 121 Å². The van der Waals surface area contributed by atoms with Crippen LogP contribution in [-0.2, 0) is 22.0 Å². The molecule has 0 bridgehead atoms. The van der Waals surface area contributed by atoms with E-state index in [1.54, 1.807) is 12.1 Å². The number of benzene rings is 2. The highest BCUT2D eigenvalue weighted by Gasteiger charge is 2.14. The molecular formula is C17H20O2S. The fourth-order valence-corrected chi connectivity index (χ4v) is 3.49. The summed E-state index contributed by atoms with van der Waals surface area (Å²) in [6.45, 7) is 4.08. The monoisotopic (exact) mass is 288 g/mol. The van der Waals surface area contributed by atoms with Crippen LogP contribution in [0.2, 0.25) is 0 Å². The first-order valence-electron chi connectivity index (χ1n) is 6.88. The van der Waals surface area contributed by atoms with E-state index in [0.29, 0.717) is 4.90 Å². The average Bonchev–Trinajstić information content (AvgIpc) is 2.41. The number of sulfone groups is 1. The number of hydrogen-bond acceptors (Lipinski definition) is 2. The van der Waals surface area contributed by atoms with E-state index in [9.17, 15) is 8.42 Å². The highest BCUT2D eigenvalue weighted by Crippen LogP contribution is 2.17. The van der Waals surface area contributed by atoms with Crippen LogP contribution >= 0.6 is 0 Å². The zero-order valence-electron chi connectivity index (χ0n) is 12.0. The molecule has 0 aromatic heterocycles. The maximum atomic E-state index is 12.3. The molecule has 106 valence electrons. The fourth-order valence-electron chi connectivity index (χ4n) is 2.14. The van der Waals surface area contributed by atoms with Crippen molar-refractivity contribution in [3.63, 3.8) is 0 Å². The first-order valence-corrected chi connectivity index (χ1v) is 8.54. The minimum Gasteiger partial charge on any atom is -0.223 e. The van der Waals surface area contributed by atoms with Gasteiger partial charge in [-0.15, -0.1) is 0 Å². The Kier molecular flexibility index (Phi) is 4.61. The van der Waals surface area contributed by atoms with E-state index in [1.165, 1.54) is 5.56 Å². The Bertz CT molecular complexity index is 653. The van der Waals surface area contributed by atoms with Gasteiger partial charge in [0.05, 0.1) is 10.6 Å². The molecule has 2 rings (SSSR count). The van der Waals surface area contributed by atoms with Crippen LogP contribution in [0.15, 0.2) is 53.4 Å². The van der Waals surface area contributed by atoms with E-state index < -0.39 is 9.84 Å². The molecule has 0 saturated carbocycles. The summed E-state index contributed by atoms with van der Waals surface area (Å²) in [6.07, 6.45) is 2.13. The molecule has 2 nitrogen and oxygen atoms in total. The summed E-state index contributed by atoms with van der Waals surface area (Å²) in [4.78, 5) is 0.390. The van der Waals surface area contributed by atoms with Crippen molar-refractivity contribution in [3.05, 3.63) is 65.2 Å². The highest BCUT2D eigenvalue weighted by atomic mass is 32.2. The summed E-state index contributed by atoms with van der Waals surface area (Å²) in [7, 11) is -3.26. The van der Waals surface area contributed by atoms with Crippen molar-refractivity contribution in [1.82, 2.24) is 0 Å². The molecule has 2 aromatic rings. The van der Waals surface area contributed by atoms with Gasteiger partial charge >= 0.3 is 0 Å². The molecule has 0 spiro atoms. The third kappa shape index (κ3) is 3.70. The molecule has 3 heteroatoms. The lowest BCUT2D eigenvalue weighted by molar-refractivity contribution is 0.595. The topological polar surface area (TPSA) is 34.1 Å².